The summed E-state index contributed by atoms with van der Waals surface area (Å²) in [4.78, 5) is 0.636. The van der Waals surface area contributed by atoms with Gasteiger partial charge in [-0.15, -0.1) is 11.8 Å². The zero-order valence-corrected chi connectivity index (χ0v) is 10.9. The first-order valence-electron chi connectivity index (χ1n) is 6.11. The highest BCUT2D eigenvalue weighted by molar-refractivity contribution is 7.99. The molecule has 0 radical (unpaired) electrons. The van der Waals surface area contributed by atoms with E-state index in [0.29, 0.717) is 10.5 Å². The predicted molar refractivity (Wildman–Crippen MR) is 71.6 cm³/mol. The number of oxime groups is 1. The van der Waals surface area contributed by atoms with Gasteiger partial charge in [-0.2, -0.15) is 0 Å². The molecule has 1 aliphatic carbocycles. The third-order valence-corrected chi connectivity index (χ3v) is 4.56. The lowest BCUT2D eigenvalue weighted by atomic mass is 10.1. The molecule has 0 unspecified atom stereocenters. The Hall–Kier alpha value is -1.23. The monoisotopic (exact) mass is 268 g/mol. The normalized spacial score (nSPS) is 17.3. The van der Waals surface area contributed by atoms with Gasteiger partial charge >= 0.3 is 0 Å². The van der Waals surface area contributed by atoms with E-state index in [1.807, 2.05) is 0 Å². The van der Waals surface area contributed by atoms with Crippen LogP contribution in [0.5, 0.6) is 0 Å². The van der Waals surface area contributed by atoms with Crippen LogP contribution in [0.3, 0.4) is 0 Å². The Morgan fingerprint density at radius 3 is 2.78 bits per heavy atom. The Labute approximate surface area is 110 Å². The SMILES string of the molecule is NC(=NO)c1ccc(SCC2CCCC2)c(F)c1. The molecule has 98 valence electrons. The molecule has 0 spiro atoms. The third-order valence-electron chi connectivity index (χ3n) is 3.28. The van der Waals surface area contributed by atoms with Crippen LogP contribution in [0, 0.1) is 11.7 Å². The fourth-order valence-corrected chi connectivity index (χ4v) is 3.33. The van der Waals surface area contributed by atoms with Gasteiger partial charge in [0.1, 0.15) is 5.82 Å². The van der Waals surface area contributed by atoms with Crippen LogP contribution in [-0.2, 0) is 0 Å². The fourth-order valence-electron chi connectivity index (χ4n) is 2.22. The lowest BCUT2D eigenvalue weighted by Crippen LogP contribution is -2.13. The van der Waals surface area contributed by atoms with Gasteiger partial charge in [0.2, 0.25) is 0 Å². The second-order valence-electron chi connectivity index (χ2n) is 4.59. The first kappa shape index (κ1) is 13.2. The number of hydrogen-bond donors (Lipinski definition) is 2. The maximum atomic E-state index is 13.8. The quantitative estimate of drug-likeness (QED) is 0.290. The molecule has 18 heavy (non-hydrogen) atoms. The zero-order valence-electron chi connectivity index (χ0n) is 10.1. The van der Waals surface area contributed by atoms with Gasteiger partial charge in [-0.1, -0.05) is 18.0 Å². The molecule has 1 saturated carbocycles. The van der Waals surface area contributed by atoms with E-state index in [0.717, 1.165) is 11.7 Å². The smallest absolute Gasteiger partial charge is 0.170 e. The van der Waals surface area contributed by atoms with E-state index in [2.05, 4.69) is 5.16 Å². The van der Waals surface area contributed by atoms with Crippen molar-refractivity contribution in [3.05, 3.63) is 29.6 Å². The summed E-state index contributed by atoms with van der Waals surface area (Å²) in [5.41, 5.74) is 5.82. The molecule has 0 amide bonds. The number of nitrogens with two attached hydrogens (primary N) is 1. The van der Waals surface area contributed by atoms with E-state index in [1.54, 1.807) is 23.9 Å². The number of thioether (sulfide) groups is 1. The highest BCUT2D eigenvalue weighted by atomic mass is 32.2. The summed E-state index contributed by atoms with van der Waals surface area (Å²) in [6.45, 7) is 0. The van der Waals surface area contributed by atoms with E-state index < -0.39 is 0 Å². The van der Waals surface area contributed by atoms with Gasteiger partial charge in [0.25, 0.3) is 0 Å². The molecule has 0 saturated heterocycles. The van der Waals surface area contributed by atoms with Crippen LogP contribution < -0.4 is 5.73 Å². The van der Waals surface area contributed by atoms with Crippen molar-refractivity contribution in [1.29, 1.82) is 0 Å². The molecule has 1 aliphatic rings. The molecule has 3 nitrogen and oxygen atoms in total. The number of halogens is 1. The van der Waals surface area contributed by atoms with Crippen LogP contribution in [0.25, 0.3) is 0 Å². The molecular formula is C13H17FN2OS. The minimum Gasteiger partial charge on any atom is -0.409 e. The summed E-state index contributed by atoms with van der Waals surface area (Å²) in [7, 11) is 0. The second-order valence-corrected chi connectivity index (χ2v) is 5.65. The Kier molecular flexibility index (Phi) is 4.47. The van der Waals surface area contributed by atoms with E-state index >= 15 is 0 Å². The number of benzene rings is 1. The minimum atomic E-state index is -0.304. The number of nitrogens with zero attached hydrogens (tertiary/aromatic N) is 1. The standard InChI is InChI=1S/C13H17FN2OS/c14-11-7-10(13(15)16-17)5-6-12(11)18-8-9-3-1-2-4-9/h5-7,9,17H,1-4,8H2,(H2,15,16). The average Bonchev–Trinajstić information content (AvgIpc) is 2.89. The van der Waals surface area contributed by atoms with E-state index in [9.17, 15) is 4.39 Å². The molecule has 1 aromatic rings. The van der Waals surface area contributed by atoms with Crippen LogP contribution in [0.1, 0.15) is 31.2 Å². The molecular weight excluding hydrogens is 251 g/mol. The maximum Gasteiger partial charge on any atom is 0.170 e. The summed E-state index contributed by atoms with van der Waals surface area (Å²) >= 11 is 1.55. The molecule has 3 N–H and O–H groups in total. The van der Waals surface area contributed by atoms with Crippen LogP contribution >= 0.6 is 11.8 Å². The van der Waals surface area contributed by atoms with Crippen LogP contribution in [0.2, 0.25) is 0 Å². The van der Waals surface area contributed by atoms with Crippen molar-refractivity contribution in [2.24, 2.45) is 16.8 Å². The maximum absolute atomic E-state index is 13.8. The van der Waals surface area contributed by atoms with Crippen LogP contribution in [0.15, 0.2) is 28.3 Å². The zero-order chi connectivity index (χ0) is 13.0. The minimum absolute atomic E-state index is 0.0683. The number of rotatable bonds is 4. The first-order valence-corrected chi connectivity index (χ1v) is 7.09. The molecule has 2 rings (SSSR count). The molecule has 5 heteroatoms. The van der Waals surface area contributed by atoms with Crippen LogP contribution in [0.4, 0.5) is 4.39 Å². The third kappa shape index (κ3) is 3.16. The summed E-state index contributed by atoms with van der Waals surface area (Å²) in [5, 5.41) is 11.4. The second kappa shape index (κ2) is 6.09. The largest absolute Gasteiger partial charge is 0.409 e. The molecule has 0 atom stereocenters. The lowest BCUT2D eigenvalue weighted by molar-refractivity contribution is 0.318. The molecule has 0 aliphatic heterocycles. The summed E-state index contributed by atoms with van der Waals surface area (Å²) < 4.78 is 13.8. The topological polar surface area (TPSA) is 58.6 Å². The molecule has 1 aromatic carbocycles. The van der Waals surface area contributed by atoms with Crippen molar-refractivity contribution in [3.8, 4) is 0 Å². The molecule has 1 fully saturated rings. The van der Waals surface area contributed by atoms with Crippen molar-refractivity contribution in [1.82, 2.24) is 0 Å². The van der Waals surface area contributed by atoms with Gasteiger partial charge in [-0.25, -0.2) is 4.39 Å². The van der Waals surface area contributed by atoms with Crippen molar-refractivity contribution in [2.45, 2.75) is 30.6 Å². The van der Waals surface area contributed by atoms with Gasteiger partial charge < -0.3 is 10.9 Å². The Morgan fingerprint density at radius 1 is 1.44 bits per heavy atom. The molecule has 0 heterocycles. The van der Waals surface area contributed by atoms with Crippen molar-refractivity contribution < 1.29 is 9.60 Å². The fraction of sp³-hybridized carbons (Fsp3) is 0.462. The Bertz CT molecular complexity index is 445. The van der Waals surface area contributed by atoms with E-state index in [-0.39, 0.29) is 11.7 Å². The van der Waals surface area contributed by atoms with Crippen molar-refractivity contribution in [2.75, 3.05) is 5.75 Å². The average molecular weight is 268 g/mol. The van der Waals surface area contributed by atoms with Gasteiger partial charge in [0.05, 0.1) is 0 Å². The highest BCUT2D eigenvalue weighted by Crippen LogP contribution is 2.32. The van der Waals surface area contributed by atoms with Crippen LogP contribution in [-0.4, -0.2) is 16.8 Å². The number of hydrogen-bond acceptors (Lipinski definition) is 3. The highest BCUT2D eigenvalue weighted by Gasteiger charge is 2.16. The lowest BCUT2D eigenvalue weighted by Gasteiger charge is -2.09. The molecule has 0 bridgehead atoms. The van der Waals surface area contributed by atoms with Gasteiger partial charge in [0, 0.05) is 16.2 Å². The van der Waals surface area contributed by atoms with Gasteiger partial charge in [0.15, 0.2) is 5.84 Å². The Morgan fingerprint density at radius 2 is 2.17 bits per heavy atom. The summed E-state index contributed by atoms with van der Waals surface area (Å²) in [6, 6.07) is 4.68. The predicted octanol–water partition coefficient (Wildman–Crippen LogP) is 3.20. The van der Waals surface area contributed by atoms with Crippen molar-refractivity contribution >= 4 is 17.6 Å². The van der Waals surface area contributed by atoms with Crippen molar-refractivity contribution in [3.63, 3.8) is 0 Å². The Balaban J connectivity index is 2.00. The van der Waals surface area contributed by atoms with Gasteiger partial charge in [-0.3, -0.25) is 0 Å². The summed E-state index contributed by atoms with van der Waals surface area (Å²) in [6.07, 6.45) is 5.12. The van der Waals surface area contributed by atoms with Gasteiger partial charge in [-0.05, 0) is 37.0 Å². The van der Waals surface area contributed by atoms with E-state index in [1.165, 1.54) is 31.7 Å². The summed E-state index contributed by atoms with van der Waals surface area (Å²) in [5.74, 6) is 1.32. The molecule has 0 aromatic heterocycles. The van der Waals surface area contributed by atoms with E-state index in [4.69, 9.17) is 10.9 Å². The first-order chi connectivity index (χ1) is 8.70. The number of amidine groups is 1.